The molecule has 0 saturated heterocycles. The number of hydrogen-bond acceptors (Lipinski definition) is 5. The Hall–Kier alpha value is -2.29. The van der Waals surface area contributed by atoms with Gasteiger partial charge in [-0.2, -0.15) is 0 Å². The molecule has 29 heavy (non-hydrogen) atoms. The highest BCUT2D eigenvalue weighted by Crippen LogP contribution is 2.26. The van der Waals surface area contributed by atoms with Gasteiger partial charge < -0.3 is 14.6 Å². The fourth-order valence-corrected chi connectivity index (χ4v) is 3.50. The minimum atomic E-state index is -0.597. The van der Waals surface area contributed by atoms with Gasteiger partial charge in [-0.25, -0.2) is 4.39 Å². The quantitative estimate of drug-likeness (QED) is 0.510. The van der Waals surface area contributed by atoms with Crippen molar-refractivity contribution in [2.75, 3.05) is 5.32 Å². The van der Waals surface area contributed by atoms with Crippen LogP contribution in [0.3, 0.4) is 0 Å². The zero-order valence-electron chi connectivity index (χ0n) is 15.5. The predicted molar refractivity (Wildman–Crippen MR) is 112 cm³/mol. The molecule has 0 aliphatic rings. The first-order chi connectivity index (χ1) is 13.8. The summed E-state index contributed by atoms with van der Waals surface area (Å²) in [5, 5.41) is 11.5. The maximum Gasteiger partial charge on any atom is 0.237 e. The lowest BCUT2D eigenvalue weighted by molar-refractivity contribution is -0.115. The van der Waals surface area contributed by atoms with Crippen molar-refractivity contribution < 1.29 is 13.9 Å². The van der Waals surface area contributed by atoms with E-state index in [1.165, 1.54) is 23.9 Å². The van der Waals surface area contributed by atoms with Crippen LogP contribution in [0.15, 0.2) is 47.6 Å². The van der Waals surface area contributed by atoms with Crippen molar-refractivity contribution >= 4 is 46.6 Å². The van der Waals surface area contributed by atoms with Gasteiger partial charge >= 0.3 is 0 Å². The number of rotatable bonds is 7. The minimum Gasteiger partial charge on any atom is -0.484 e. The molecule has 152 valence electrons. The van der Waals surface area contributed by atoms with Crippen LogP contribution in [0.2, 0.25) is 10.0 Å². The molecular formula is C19H17Cl2FN4O2S. The Morgan fingerprint density at radius 2 is 2.03 bits per heavy atom. The summed E-state index contributed by atoms with van der Waals surface area (Å²) in [5.74, 6) is 0.154. The molecule has 10 heteroatoms. The Labute approximate surface area is 181 Å². The molecule has 0 fully saturated rings. The number of anilines is 1. The van der Waals surface area contributed by atoms with Gasteiger partial charge in [0.2, 0.25) is 5.91 Å². The maximum atomic E-state index is 13.9. The maximum absolute atomic E-state index is 13.9. The molecule has 0 spiro atoms. The summed E-state index contributed by atoms with van der Waals surface area (Å²) in [6, 6.07) is 11.2. The minimum absolute atomic E-state index is 0.0682. The highest BCUT2D eigenvalue weighted by molar-refractivity contribution is 8.00. The van der Waals surface area contributed by atoms with E-state index in [1.807, 2.05) is 12.1 Å². The molecule has 0 aliphatic carbocycles. The SMILES string of the molecule is CC(Sc1nnc(COc2ccccc2Cl)n1C)C(=O)Nc1ccc(Cl)cc1F. The number of nitrogens with zero attached hydrogens (tertiary/aromatic N) is 3. The molecule has 1 heterocycles. The van der Waals surface area contributed by atoms with Crippen molar-refractivity contribution in [1.82, 2.24) is 14.8 Å². The molecule has 0 bridgehead atoms. The van der Waals surface area contributed by atoms with Crippen molar-refractivity contribution in [1.29, 1.82) is 0 Å². The summed E-state index contributed by atoms with van der Waals surface area (Å²) in [5.41, 5.74) is 0.0682. The first-order valence-corrected chi connectivity index (χ1v) is 10.2. The van der Waals surface area contributed by atoms with Crippen LogP contribution in [0.5, 0.6) is 5.75 Å². The van der Waals surface area contributed by atoms with Gasteiger partial charge in [0.15, 0.2) is 11.0 Å². The van der Waals surface area contributed by atoms with E-state index >= 15 is 0 Å². The summed E-state index contributed by atoms with van der Waals surface area (Å²) in [6.07, 6.45) is 0. The monoisotopic (exact) mass is 454 g/mol. The summed E-state index contributed by atoms with van der Waals surface area (Å²) in [4.78, 5) is 12.4. The van der Waals surface area contributed by atoms with E-state index < -0.39 is 11.1 Å². The Kier molecular flexibility index (Phi) is 7.00. The van der Waals surface area contributed by atoms with Gasteiger partial charge in [-0.1, -0.05) is 47.1 Å². The van der Waals surface area contributed by atoms with Crippen molar-refractivity contribution in [2.45, 2.75) is 23.9 Å². The number of ether oxygens (including phenoxy) is 1. The Morgan fingerprint density at radius 3 is 2.76 bits per heavy atom. The third-order valence-electron chi connectivity index (χ3n) is 3.96. The van der Waals surface area contributed by atoms with Crippen LogP contribution in [0.1, 0.15) is 12.7 Å². The fourth-order valence-electron chi connectivity index (χ4n) is 2.31. The number of thioether (sulfide) groups is 1. The summed E-state index contributed by atoms with van der Waals surface area (Å²) < 4.78 is 21.3. The van der Waals surface area contributed by atoms with Crippen molar-refractivity contribution in [3.05, 3.63) is 64.2 Å². The Bertz CT molecular complexity index is 1030. The van der Waals surface area contributed by atoms with Gasteiger partial charge in [-0.3, -0.25) is 4.79 Å². The topological polar surface area (TPSA) is 69.0 Å². The molecule has 1 amide bonds. The van der Waals surface area contributed by atoms with Crippen LogP contribution in [-0.4, -0.2) is 25.9 Å². The second kappa shape index (κ2) is 9.47. The molecule has 1 unspecified atom stereocenters. The van der Waals surface area contributed by atoms with E-state index in [9.17, 15) is 9.18 Å². The smallest absolute Gasteiger partial charge is 0.237 e. The molecule has 0 radical (unpaired) electrons. The van der Waals surface area contributed by atoms with Crippen LogP contribution in [0, 0.1) is 5.82 Å². The average molecular weight is 455 g/mol. The number of carbonyl (C=O) groups excluding carboxylic acids is 1. The molecule has 3 rings (SSSR count). The van der Waals surface area contributed by atoms with Crippen LogP contribution in [-0.2, 0) is 18.4 Å². The van der Waals surface area contributed by atoms with E-state index in [0.29, 0.717) is 21.8 Å². The van der Waals surface area contributed by atoms with E-state index in [0.717, 1.165) is 6.07 Å². The standard InChI is InChI=1S/C19H17Cl2FN4O2S/c1-11(18(27)23-15-8-7-12(20)9-14(15)22)29-19-25-24-17(26(19)2)10-28-16-6-4-3-5-13(16)21/h3-9,11H,10H2,1-2H3,(H,23,27). The molecule has 1 aromatic heterocycles. The van der Waals surface area contributed by atoms with E-state index in [-0.39, 0.29) is 23.2 Å². The second-order valence-corrected chi connectivity index (χ2v) is 8.20. The molecule has 2 aromatic carbocycles. The lowest BCUT2D eigenvalue weighted by Gasteiger charge is -2.12. The number of halogens is 3. The number of aromatic nitrogens is 3. The van der Waals surface area contributed by atoms with Crippen LogP contribution in [0.4, 0.5) is 10.1 Å². The normalized spacial score (nSPS) is 11.9. The Balaban J connectivity index is 1.61. The fraction of sp³-hybridized carbons (Fsp3) is 0.211. The average Bonchev–Trinajstić information content (AvgIpc) is 3.03. The van der Waals surface area contributed by atoms with E-state index in [2.05, 4.69) is 15.5 Å². The molecular weight excluding hydrogens is 438 g/mol. The van der Waals surface area contributed by atoms with Gasteiger partial charge in [-0.05, 0) is 37.3 Å². The summed E-state index contributed by atoms with van der Waals surface area (Å²) >= 11 is 13.0. The zero-order chi connectivity index (χ0) is 21.0. The third kappa shape index (κ3) is 5.41. The van der Waals surface area contributed by atoms with Crippen LogP contribution in [0.25, 0.3) is 0 Å². The van der Waals surface area contributed by atoms with Crippen LogP contribution < -0.4 is 10.1 Å². The summed E-state index contributed by atoms with van der Waals surface area (Å²) in [6.45, 7) is 1.87. The number of nitrogens with one attached hydrogen (secondary N) is 1. The highest BCUT2D eigenvalue weighted by atomic mass is 35.5. The number of amides is 1. The Morgan fingerprint density at radius 1 is 1.28 bits per heavy atom. The summed E-state index contributed by atoms with van der Waals surface area (Å²) in [7, 11) is 1.77. The predicted octanol–water partition coefficient (Wildman–Crippen LogP) is 4.96. The number of hydrogen-bond donors (Lipinski definition) is 1. The van der Waals surface area contributed by atoms with Crippen molar-refractivity contribution in [3.8, 4) is 5.75 Å². The molecule has 6 nitrogen and oxygen atoms in total. The number of para-hydroxylation sites is 1. The first kappa shape index (κ1) is 21.4. The zero-order valence-corrected chi connectivity index (χ0v) is 17.9. The van der Waals surface area contributed by atoms with Gasteiger partial charge in [-0.15, -0.1) is 10.2 Å². The third-order valence-corrected chi connectivity index (χ3v) is 5.64. The van der Waals surface area contributed by atoms with Gasteiger partial charge in [0.1, 0.15) is 18.2 Å². The molecule has 1 atom stereocenters. The van der Waals surface area contributed by atoms with Gasteiger partial charge in [0.25, 0.3) is 0 Å². The van der Waals surface area contributed by atoms with Crippen LogP contribution >= 0.6 is 35.0 Å². The van der Waals surface area contributed by atoms with Crippen molar-refractivity contribution in [3.63, 3.8) is 0 Å². The number of carbonyl (C=O) groups is 1. The highest BCUT2D eigenvalue weighted by Gasteiger charge is 2.20. The lowest BCUT2D eigenvalue weighted by Crippen LogP contribution is -2.23. The lowest BCUT2D eigenvalue weighted by atomic mass is 10.3. The largest absolute Gasteiger partial charge is 0.484 e. The second-order valence-electron chi connectivity index (χ2n) is 6.05. The van der Waals surface area contributed by atoms with Gasteiger partial charge in [0.05, 0.1) is 16.0 Å². The van der Waals surface area contributed by atoms with E-state index in [1.54, 1.807) is 30.7 Å². The van der Waals surface area contributed by atoms with Gasteiger partial charge in [0, 0.05) is 12.1 Å². The van der Waals surface area contributed by atoms with E-state index in [4.69, 9.17) is 27.9 Å². The molecule has 3 aromatic rings. The molecule has 0 aliphatic heterocycles. The van der Waals surface area contributed by atoms with Crippen molar-refractivity contribution in [2.24, 2.45) is 7.05 Å². The molecule has 0 saturated carbocycles. The first-order valence-electron chi connectivity index (χ1n) is 8.53. The molecule has 1 N–H and O–H groups in total. The number of benzene rings is 2.